The van der Waals surface area contributed by atoms with Crippen LogP contribution in [-0.4, -0.2) is 124 Å². The van der Waals surface area contributed by atoms with Crippen molar-refractivity contribution in [2.24, 2.45) is 0 Å². The van der Waals surface area contributed by atoms with Crippen LogP contribution in [0, 0.1) is 0 Å². The first-order chi connectivity index (χ1) is 41.6. The van der Waals surface area contributed by atoms with Crippen molar-refractivity contribution in [3.05, 3.63) is 203 Å². The second kappa shape index (κ2) is 36.4. The smallest absolute Gasteiger partial charge is 0.870 e. The number of hydrogen-bond acceptors (Lipinski definition) is 24. The number of nitrogens with zero attached hydrogens (tertiary/aromatic N) is 9. The molecule has 7 heterocycles. The van der Waals surface area contributed by atoms with Crippen LogP contribution in [0.2, 0.25) is 0 Å². The number of fused-ring (bicyclic) bond motifs is 1. The van der Waals surface area contributed by atoms with E-state index in [0.717, 1.165) is 55.9 Å². The number of amides is 2. The number of para-hydroxylation sites is 1. The number of nitrogens with two attached hydrogens (primary N) is 1. The van der Waals surface area contributed by atoms with Gasteiger partial charge in [-0.1, -0.05) is 53.7 Å². The molecule has 2 amide bonds. The maximum absolute atomic E-state index is 12.2. The fourth-order valence-corrected chi connectivity index (χ4v) is 10.3. The van der Waals surface area contributed by atoms with Crippen LogP contribution in [0.15, 0.2) is 187 Å². The van der Waals surface area contributed by atoms with Gasteiger partial charge in [-0.2, -0.15) is 8.42 Å². The summed E-state index contributed by atoms with van der Waals surface area (Å²) in [4.78, 5) is 59.2. The van der Waals surface area contributed by atoms with Crippen LogP contribution in [0.5, 0.6) is 17.2 Å². The molecule has 0 aliphatic heterocycles. The monoisotopic (exact) mass is 1310 g/mol. The zero-order chi connectivity index (χ0) is 62.8. The summed E-state index contributed by atoms with van der Waals surface area (Å²) in [6.45, 7) is 1.93. The summed E-state index contributed by atoms with van der Waals surface area (Å²) in [5, 5.41) is 54.4. The molecule has 0 saturated heterocycles. The molecule has 89 heavy (non-hydrogen) atoms. The van der Waals surface area contributed by atoms with E-state index in [9.17, 15) is 36.3 Å². The molecule has 0 atom stereocenters. The van der Waals surface area contributed by atoms with Gasteiger partial charge in [0.05, 0.1) is 48.9 Å². The normalized spacial score (nSPS) is 10.3. The number of nitrogen functional groups attached to an aromatic ring is 1. The van der Waals surface area contributed by atoms with Crippen LogP contribution >= 0.6 is 34.0 Å². The largest absolute Gasteiger partial charge is 1.00 e. The molecule has 0 unspecified atom stereocenters. The van der Waals surface area contributed by atoms with E-state index in [4.69, 9.17) is 25.2 Å². The minimum Gasteiger partial charge on any atom is -0.870 e. The summed E-state index contributed by atoms with van der Waals surface area (Å²) >= 11 is 4.15. The molecule has 0 saturated carbocycles. The van der Waals surface area contributed by atoms with Crippen molar-refractivity contribution in [1.82, 2.24) is 44.3 Å². The van der Waals surface area contributed by atoms with Crippen LogP contribution < -0.4 is 50.1 Å². The number of pyridine rings is 3. The van der Waals surface area contributed by atoms with Crippen molar-refractivity contribution < 1.29 is 90.9 Å². The van der Waals surface area contributed by atoms with Crippen molar-refractivity contribution >= 4 is 98.4 Å². The molecule has 0 aliphatic carbocycles. The third kappa shape index (κ3) is 25.7. The van der Waals surface area contributed by atoms with Crippen molar-refractivity contribution in [2.75, 3.05) is 35.5 Å². The molecule has 0 spiro atoms. The Hall–Kier alpha value is -8.95. The Morgan fingerprint density at radius 3 is 1.42 bits per heavy atom. The molecule has 458 valence electrons. The summed E-state index contributed by atoms with van der Waals surface area (Å²) in [6, 6.07) is 37.4. The van der Waals surface area contributed by atoms with E-state index in [1.54, 1.807) is 117 Å². The molecule has 7 aromatic heterocycles. The van der Waals surface area contributed by atoms with Gasteiger partial charge in [0.25, 0.3) is 10.0 Å². The number of aliphatic hydroxyl groups excluding tert-OH is 1. The number of aliphatic carboxylic acids is 1. The number of aromatic hydroxyl groups is 2. The number of benzene rings is 4. The minimum atomic E-state index is -3.61. The summed E-state index contributed by atoms with van der Waals surface area (Å²) in [6.07, 6.45) is 12.5. The maximum atomic E-state index is 12.2. The van der Waals surface area contributed by atoms with E-state index >= 15 is 0 Å². The third-order valence-corrected chi connectivity index (χ3v) is 14.2. The van der Waals surface area contributed by atoms with Crippen molar-refractivity contribution in [2.45, 2.75) is 26.2 Å². The summed E-state index contributed by atoms with van der Waals surface area (Å²) in [5.74, 6) is -0.885. The number of carbonyl (C=O) groups excluding carboxylic acids is 2. The SMILES string of the molecule is CCO.CS(=O)(=O)Oc1cccc(CC(=O)Nc2nc(-c3ccncc3)cs2)c1.CS(=O)(=O)n1nnc2ccccc21.Nc1nc(-c2ccncc2)cs1.O=C(Cc1cccc(O)c1)Nc1nc(-c2ccncc2)cs1.O=C(O)Cc1cccc(O)c1.[Na+].[OH-]. The van der Waals surface area contributed by atoms with Crippen LogP contribution in [0.3, 0.4) is 0 Å². The van der Waals surface area contributed by atoms with Gasteiger partial charge in [-0.3, -0.25) is 29.3 Å². The van der Waals surface area contributed by atoms with E-state index in [-0.39, 0.29) is 90.0 Å². The number of rotatable bonds is 14. The number of anilines is 3. The van der Waals surface area contributed by atoms with Crippen molar-refractivity contribution in [3.8, 4) is 51.0 Å². The Kier molecular flexibility index (Phi) is 29.6. The topological polar surface area (TPSA) is 398 Å². The van der Waals surface area contributed by atoms with Crippen LogP contribution in [0.4, 0.5) is 15.4 Å². The number of aliphatic hydroxyl groups is 1. The fourth-order valence-electron chi connectivity index (χ4n) is 7.10. The molecule has 31 heteroatoms. The van der Waals surface area contributed by atoms with E-state index < -0.39 is 26.1 Å². The van der Waals surface area contributed by atoms with Gasteiger partial charge in [-0.05, 0) is 109 Å². The number of phenols is 2. The molecule has 0 fully saturated rings. The van der Waals surface area contributed by atoms with Gasteiger partial charge < -0.3 is 46.5 Å². The van der Waals surface area contributed by atoms with Crippen LogP contribution in [0.25, 0.3) is 44.8 Å². The standard InChI is InChI=1S/C17H15N3O4S2.C16H13N3O2S.C8H7N3S.C8H8O3.C7H7N3O2S.C2H6O.Na.H2O/c1-26(22,23)24-14-4-2-3-12(9-14)10-16(21)20-17-19-15(11-25-17)13-5-7-18-8-6-13;20-13-3-1-2-11(8-13)9-15(21)19-16-18-14(10-22-16)12-4-6-17-7-5-12;9-8-11-7(5-12-8)6-1-3-10-4-2-6;9-7-3-1-2-6(4-7)5-8(10)11;1-13(11,12)10-7-5-3-2-4-6(7)8-9-10;1-2-3;;/h2-9,11H,10H2,1H3,(H,19,20,21);1-8,10,20H,9H2,(H,18,19,21);1-5H,(H2,9,11);1-4,9H,5H2,(H,10,11);2-5H,1H3;3H,2H2,1H3;;1H2/q;;;;;;+1;/p-1. The average Bonchev–Trinajstić information content (AvgIpc) is 3.54. The number of carboxylic acids is 1. The number of carboxylic acid groups (broad SMARTS) is 1. The summed E-state index contributed by atoms with van der Waals surface area (Å²) in [7, 11) is -6.95. The first kappa shape index (κ1) is 72.5. The summed E-state index contributed by atoms with van der Waals surface area (Å²) in [5.41, 5.74) is 14.0. The van der Waals surface area contributed by atoms with Gasteiger partial charge in [0, 0.05) is 76.6 Å². The molecule has 25 nitrogen and oxygen atoms in total. The van der Waals surface area contributed by atoms with Crippen LogP contribution in [-0.2, 0) is 53.8 Å². The Morgan fingerprint density at radius 2 is 1.00 bits per heavy atom. The Morgan fingerprint density at radius 1 is 0.584 bits per heavy atom. The second-order valence-electron chi connectivity index (χ2n) is 17.6. The zero-order valence-corrected chi connectivity index (χ0v) is 54.0. The maximum Gasteiger partial charge on any atom is 1.00 e. The van der Waals surface area contributed by atoms with Gasteiger partial charge in [0.2, 0.25) is 11.8 Å². The van der Waals surface area contributed by atoms with Crippen molar-refractivity contribution in [3.63, 3.8) is 0 Å². The fraction of sp³-hybridized carbons (Fsp3) is 0.121. The van der Waals surface area contributed by atoms with Gasteiger partial charge in [0.15, 0.2) is 15.4 Å². The van der Waals surface area contributed by atoms with Crippen molar-refractivity contribution in [1.29, 1.82) is 0 Å². The minimum absolute atomic E-state index is 0. The number of carbonyl (C=O) groups is 3. The Bertz CT molecular complexity index is 4220. The van der Waals surface area contributed by atoms with Gasteiger partial charge in [-0.25, -0.2) is 23.4 Å². The molecular weight excluding hydrogens is 1260 g/mol. The number of aromatic nitrogens is 9. The number of thiazole rings is 3. The number of hydrogen-bond donors (Lipinski definition) is 7. The quantitative estimate of drug-likeness (QED) is 0.0508. The third-order valence-electron chi connectivity index (χ3n) is 10.6. The van der Waals surface area contributed by atoms with Gasteiger partial charge in [0.1, 0.15) is 28.3 Å². The van der Waals surface area contributed by atoms with Crippen LogP contribution in [0.1, 0.15) is 23.6 Å². The van der Waals surface area contributed by atoms with E-state index in [0.29, 0.717) is 37.6 Å². The number of nitrogens with one attached hydrogen (secondary N) is 2. The number of phenolic OH excluding ortho intramolecular Hbond substituents is 2. The van der Waals surface area contributed by atoms with Gasteiger partial charge in [-0.15, -0.1) is 43.2 Å². The summed E-state index contributed by atoms with van der Waals surface area (Å²) < 4.78 is 50.4. The van der Waals surface area contributed by atoms with Gasteiger partial charge >= 0.3 is 45.6 Å². The molecule has 0 bridgehead atoms. The molecule has 0 radical (unpaired) electrons. The molecule has 11 aromatic rings. The zero-order valence-electron chi connectivity index (χ0n) is 47.9. The Labute approximate surface area is 545 Å². The molecule has 4 aromatic carbocycles. The molecule has 0 aliphatic rings. The van der Waals surface area contributed by atoms with E-state index in [2.05, 4.69) is 50.8 Å². The average molecular weight is 1310 g/mol. The molecule has 9 N–H and O–H groups in total. The molecule has 11 rings (SSSR count). The predicted octanol–water partition coefficient (Wildman–Crippen LogP) is 5.69. The second-order valence-corrected chi connectivity index (χ2v) is 23.6. The first-order valence-corrected chi connectivity index (χ1v) is 31.8. The molecular formula is C58H57N12NaO13S5. The van der Waals surface area contributed by atoms with E-state index in [1.165, 1.54) is 58.3 Å². The first-order valence-electron chi connectivity index (χ1n) is 25.5. The van der Waals surface area contributed by atoms with E-state index in [1.807, 2.05) is 52.5 Å². The Balaban J connectivity index is 0.000000243. The predicted molar refractivity (Wildman–Crippen MR) is 337 cm³/mol.